The zero-order valence-corrected chi connectivity index (χ0v) is 12.5. The predicted octanol–water partition coefficient (Wildman–Crippen LogP) is 1.05. The summed E-state index contributed by atoms with van der Waals surface area (Å²) in [7, 11) is 0. The number of halogens is 2. The third-order valence-electron chi connectivity index (χ3n) is 2.31. The Bertz CT molecular complexity index is 486. The third-order valence-corrected chi connectivity index (χ3v) is 2.31. The van der Waals surface area contributed by atoms with Crippen molar-refractivity contribution in [2.75, 3.05) is 25.0 Å². The highest BCUT2D eigenvalue weighted by atomic mass is 35.5. The largest absolute Gasteiger partial charge is 0.491 e. The van der Waals surface area contributed by atoms with Crippen LogP contribution in [0.3, 0.4) is 0 Å². The normalized spacial score (nSPS) is 9.48. The van der Waals surface area contributed by atoms with Crippen molar-refractivity contribution in [1.29, 1.82) is 0 Å². The van der Waals surface area contributed by atoms with Crippen molar-refractivity contribution in [3.63, 3.8) is 0 Å². The Kier molecular flexibility index (Phi) is 9.07. The monoisotopic (exact) mass is 319 g/mol. The smallest absolute Gasteiger partial charge is 0.243 e. The van der Waals surface area contributed by atoms with E-state index in [9.17, 15) is 14.0 Å². The molecule has 0 aliphatic carbocycles. The number of rotatable bonds is 7. The number of hydrogen-bond acceptors (Lipinski definition) is 4. The lowest BCUT2D eigenvalue weighted by Gasteiger charge is -2.12. The second kappa shape index (κ2) is 9.95. The van der Waals surface area contributed by atoms with Gasteiger partial charge in [0.15, 0.2) is 0 Å². The van der Waals surface area contributed by atoms with Crippen molar-refractivity contribution in [2.24, 2.45) is 5.73 Å². The molecule has 0 bridgehead atoms. The van der Waals surface area contributed by atoms with E-state index in [0.717, 1.165) is 6.42 Å². The van der Waals surface area contributed by atoms with E-state index >= 15 is 0 Å². The summed E-state index contributed by atoms with van der Waals surface area (Å²) >= 11 is 0. The molecule has 1 aromatic rings. The summed E-state index contributed by atoms with van der Waals surface area (Å²) in [5.74, 6) is -1.07. The van der Waals surface area contributed by atoms with Gasteiger partial charge in [0.05, 0.1) is 25.4 Å². The average molecular weight is 320 g/mol. The molecule has 0 aliphatic rings. The molecule has 0 radical (unpaired) electrons. The minimum absolute atomic E-state index is 0. The Morgan fingerprint density at radius 2 is 2.05 bits per heavy atom. The first-order valence-corrected chi connectivity index (χ1v) is 6.25. The lowest BCUT2D eigenvalue weighted by atomic mass is 10.2. The SMILES string of the molecule is CCCOc1cc(F)ccc1NC(=O)CNC(=O)CN.Cl. The van der Waals surface area contributed by atoms with Crippen LogP contribution in [0.15, 0.2) is 18.2 Å². The maximum absolute atomic E-state index is 13.1. The maximum Gasteiger partial charge on any atom is 0.243 e. The molecule has 4 N–H and O–H groups in total. The number of carbonyl (C=O) groups excluding carboxylic acids is 2. The Hall–Kier alpha value is -1.86. The van der Waals surface area contributed by atoms with Crippen LogP contribution in [0.1, 0.15) is 13.3 Å². The van der Waals surface area contributed by atoms with Gasteiger partial charge in [0.1, 0.15) is 11.6 Å². The molecule has 0 heterocycles. The molecule has 0 saturated heterocycles. The highest BCUT2D eigenvalue weighted by molar-refractivity contribution is 5.95. The van der Waals surface area contributed by atoms with Crippen molar-refractivity contribution in [1.82, 2.24) is 5.32 Å². The number of benzene rings is 1. The molecule has 0 fully saturated rings. The third kappa shape index (κ3) is 6.92. The van der Waals surface area contributed by atoms with Crippen molar-refractivity contribution < 1.29 is 18.7 Å². The molecule has 0 atom stereocenters. The summed E-state index contributed by atoms with van der Waals surface area (Å²) in [6.45, 7) is 1.94. The van der Waals surface area contributed by atoms with Gasteiger partial charge in [-0.1, -0.05) is 6.92 Å². The van der Waals surface area contributed by atoms with Crippen LogP contribution in [-0.4, -0.2) is 31.5 Å². The van der Waals surface area contributed by atoms with Crippen LogP contribution in [0.5, 0.6) is 5.75 Å². The number of anilines is 1. The van der Waals surface area contributed by atoms with Gasteiger partial charge in [-0.15, -0.1) is 12.4 Å². The lowest BCUT2D eigenvalue weighted by molar-refractivity contribution is -0.123. The maximum atomic E-state index is 13.1. The Balaban J connectivity index is 0.00000400. The number of hydrogen-bond donors (Lipinski definition) is 3. The molecule has 2 amide bonds. The number of carbonyl (C=O) groups is 2. The second-order valence-electron chi connectivity index (χ2n) is 4.02. The van der Waals surface area contributed by atoms with Gasteiger partial charge in [0, 0.05) is 6.07 Å². The molecular formula is C13H19ClFN3O3. The van der Waals surface area contributed by atoms with Gasteiger partial charge >= 0.3 is 0 Å². The Labute approximate surface area is 128 Å². The summed E-state index contributed by atoms with van der Waals surface area (Å²) in [6, 6.07) is 3.82. The van der Waals surface area contributed by atoms with Crippen LogP contribution < -0.4 is 21.1 Å². The van der Waals surface area contributed by atoms with E-state index in [1.165, 1.54) is 18.2 Å². The van der Waals surface area contributed by atoms with Crippen LogP contribution in [0, 0.1) is 5.82 Å². The number of amides is 2. The molecule has 0 spiro atoms. The highest BCUT2D eigenvalue weighted by Crippen LogP contribution is 2.25. The van der Waals surface area contributed by atoms with Gasteiger partial charge in [-0.3, -0.25) is 9.59 Å². The van der Waals surface area contributed by atoms with E-state index in [2.05, 4.69) is 10.6 Å². The van der Waals surface area contributed by atoms with Gasteiger partial charge in [-0.25, -0.2) is 4.39 Å². The zero-order chi connectivity index (χ0) is 15.0. The number of nitrogens with two attached hydrogens (primary N) is 1. The molecule has 8 heteroatoms. The molecule has 0 unspecified atom stereocenters. The molecule has 1 aromatic carbocycles. The molecule has 6 nitrogen and oxygen atoms in total. The first-order valence-electron chi connectivity index (χ1n) is 6.25. The van der Waals surface area contributed by atoms with E-state index in [0.29, 0.717) is 12.3 Å². The fraction of sp³-hybridized carbons (Fsp3) is 0.385. The van der Waals surface area contributed by atoms with Gasteiger partial charge in [-0.05, 0) is 18.6 Å². The summed E-state index contributed by atoms with van der Waals surface area (Å²) in [6.07, 6.45) is 0.760. The van der Waals surface area contributed by atoms with Crippen LogP contribution in [0.25, 0.3) is 0 Å². The van der Waals surface area contributed by atoms with Gasteiger partial charge < -0.3 is 21.1 Å². The predicted molar refractivity (Wildman–Crippen MR) is 80.1 cm³/mol. The number of nitrogens with one attached hydrogen (secondary N) is 2. The van der Waals surface area contributed by atoms with Crippen LogP contribution in [0.2, 0.25) is 0 Å². The highest BCUT2D eigenvalue weighted by Gasteiger charge is 2.10. The molecular weight excluding hydrogens is 301 g/mol. The topological polar surface area (TPSA) is 93.5 Å². The fourth-order valence-electron chi connectivity index (χ4n) is 1.38. The van der Waals surface area contributed by atoms with E-state index in [1.807, 2.05) is 6.92 Å². The summed E-state index contributed by atoms with van der Waals surface area (Å²) < 4.78 is 18.5. The first kappa shape index (κ1) is 19.1. The van der Waals surface area contributed by atoms with E-state index in [4.69, 9.17) is 10.5 Å². The molecule has 0 aromatic heterocycles. The van der Waals surface area contributed by atoms with Crippen molar-refractivity contribution >= 4 is 29.9 Å². The molecule has 21 heavy (non-hydrogen) atoms. The second-order valence-corrected chi connectivity index (χ2v) is 4.02. The standard InChI is InChI=1S/C13H18FN3O3.ClH/c1-2-5-20-11-6-9(14)3-4-10(11)17-13(19)8-16-12(18)7-15;/h3-4,6H,2,5,7-8,15H2,1H3,(H,16,18)(H,17,19);1H. The average Bonchev–Trinajstić information content (AvgIpc) is 2.44. The Morgan fingerprint density at radius 3 is 2.67 bits per heavy atom. The molecule has 118 valence electrons. The quantitative estimate of drug-likeness (QED) is 0.700. The van der Waals surface area contributed by atoms with Crippen molar-refractivity contribution in [3.05, 3.63) is 24.0 Å². The summed E-state index contributed by atoms with van der Waals surface area (Å²) in [4.78, 5) is 22.6. The van der Waals surface area contributed by atoms with Gasteiger partial charge in [-0.2, -0.15) is 0 Å². The van der Waals surface area contributed by atoms with Crippen LogP contribution in [-0.2, 0) is 9.59 Å². The van der Waals surface area contributed by atoms with Gasteiger partial charge in [0.25, 0.3) is 0 Å². The van der Waals surface area contributed by atoms with E-state index in [-0.39, 0.29) is 31.2 Å². The fourth-order valence-corrected chi connectivity index (χ4v) is 1.38. The van der Waals surface area contributed by atoms with Crippen LogP contribution >= 0.6 is 12.4 Å². The lowest BCUT2D eigenvalue weighted by Crippen LogP contribution is -2.36. The molecule has 1 rings (SSSR count). The summed E-state index contributed by atoms with van der Waals surface area (Å²) in [5, 5.41) is 4.88. The van der Waals surface area contributed by atoms with E-state index < -0.39 is 17.6 Å². The van der Waals surface area contributed by atoms with Crippen molar-refractivity contribution in [2.45, 2.75) is 13.3 Å². The van der Waals surface area contributed by atoms with Gasteiger partial charge in [0.2, 0.25) is 11.8 Å². The number of ether oxygens (including phenoxy) is 1. The first-order chi connectivity index (χ1) is 9.56. The zero-order valence-electron chi connectivity index (χ0n) is 11.6. The minimum Gasteiger partial charge on any atom is -0.491 e. The molecule has 0 saturated carbocycles. The van der Waals surface area contributed by atoms with Crippen molar-refractivity contribution in [3.8, 4) is 5.75 Å². The van der Waals surface area contributed by atoms with E-state index in [1.54, 1.807) is 0 Å². The minimum atomic E-state index is -0.453. The Morgan fingerprint density at radius 1 is 1.33 bits per heavy atom. The van der Waals surface area contributed by atoms with Crippen LogP contribution in [0.4, 0.5) is 10.1 Å². The summed E-state index contributed by atoms with van der Waals surface area (Å²) in [5.41, 5.74) is 5.45. The molecule has 0 aliphatic heterocycles.